The van der Waals surface area contributed by atoms with Crippen LogP contribution in [-0.4, -0.2) is 6.61 Å². The molecule has 0 saturated carbocycles. The highest BCUT2D eigenvalue weighted by Gasteiger charge is 2.15. The molecule has 0 saturated heterocycles. The SMILES string of the molecule is CC(N)c1ccc(F)cc1-c1ccc2c(c1)CCO2. The molecule has 3 heteroatoms. The fourth-order valence-corrected chi connectivity index (χ4v) is 2.53. The molecular formula is C16H16FNO. The molecule has 1 atom stereocenters. The van der Waals surface area contributed by atoms with Crippen molar-refractivity contribution in [3.8, 4) is 16.9 Å². The second-order valence-electron chi connectivity index (χ2n) is 4.94. The van der Waals surface area contributed by atoms with Crippen molar-refractivity contribution in [3.63, 3.8) is 0 Å². The maximum absolute atomic E-state index is 13.5. The molecule has 19 heavy (non-hydrogen) atoms. The lowest BCUT2D eigenvalue weighted by molar-refractivity contribution is 0.357. The minimum atomic E-state index is -0.240. The van der Waals surface area contributed by atoms with Gasteiger partial charge in [0.2, 0.25) is 0 Å². The summed E-state index contributed by atoms with van der Waals surface area (Å²) in [5.74, 6) is 0.693. The Kier molecular flexibility index (Phi) is 2.99. The smallest absolute Gasteiger partial charge is 0.123 e. The van der Waals surface area contributed by atoms with E-state index < -0.39 is 0 Å². The molecule has 2 N–H and O–H groups in total. The van der Waals surface area contributed by atoms with Gasteiger partial charge in [-0.2, -0.15) is 0 Å². The van der Waals surface area contributed by atoms with E-state index in [0.717, 1.165) is 35.5 Å². The Morgan fingerprint density at radius 2 is 2.05 bits per heavy atom. The zero-order chi connectivity index (χ0) is 13.4. The van der Waals surface area contributed by atoms with Crippen LogP contribution in [0.25, 0.3) is 11.1 Å². The number of nitrogens with two attached hydrogens (primary N) is 1. The van der Waals surface area contributed by atoms with E-state index in [-0.39, 0.29) is 11.9 Å². The van der Waals surface area contributed by atoms with E-state index in [4.69, 9.17) is 10.5 Å². The monoisotopic (exact) mass is 257 g/mol. The second-order valence-corrected chi connectivity index (χ2v) is 4.94. The molecule has 0 amide bonds. The molecule has 0 bridgehead atoms. The Labute approximate surface area is 112 Å². The summed E-state index contributed by atoms with van der Waals surface area (Å²) >= 11 is 0. The van der Waals surface area contributed by atoms with Gasteiger partial charge in [0.25, 0.3) is 0 Å². The van der Waals surface area contributed by atoms with Gasteiger partial charge in [0.05, 0.1) is 6.61 Å². The average Bonchev–Trinajstić information content (AvgIpc) is 2.85. The van der Waals surface area contributed by atoms with Crippen molar-refractivity contribution < 1.29 is 9.13 Å². The molecule has 0 aliphatic carbocycles. The van der Waals surface area contributed by atoms with E-state index in [0.29, 0.717) is 0 Å². The first kappa shape index (κ1) is 12.2. The lowest BCUT2D eigenvalue weighted by Gasteiger charge is -2.14. The maximum atomic E-state index is 13.5. The van der Waals surface area contributed by atoms with Gasteiger partial charge >= 0.3 is 0 Å². The summed E-state index contributed by atoms with van der Waals surface area (Å²) < 4.78 is 19.0. The average molecular weight is 257 g/mol. The van der Waals surface area contributed by atoms with Crippen molar-refractivity contribution in [3.05, 3.63) is 53.3 Å². The van der Waals surface area contributed by atoms with Crippen molar-refractivity contribution in [2.75, 3.05) is 6.61 Å². The Bertz CT molecular complexity index is 622. The van der Waals surface area contributed by atoms with E-state index in [2.05, 4.69) is 6.07 Å². The van der Waals surface area contributed by atoms with Crippen LogP contribution < -0.4 is 10.5 Å². The van der Waals surface area contributed by atoms with Gasteiger partial charge in [-0.15, -0.1) is 0 Å². The molecule has 1 aliphatic rings. The second kappa shape index (κ2) is 4.67. The van der Waals surface area contributed by atoms with Crippen LogP contribution in [-0.2, 0) is 6.42 Å². The Morgan fingerprint density at radius 1 is 1.21 bits per heavy atom. The molecule has 3 rings (SSSR count). The third-order valence-electron chi connectivity index (χ3n) is 3.51. The first-order valence-electron chi connectivity index (χ1n) is 6.46. The van der Waals surface area contributed by atoms with Crippen LogP contribution in [0.5, 0.6) is 5.75 Å². The van der Waals surface area contributed by atoms with Crippen LogP contribution in [0.1, 0.15) is 24.1 Å². The fraction of sp³-hybridized carbons (Fsp3) is 0.250. The van der Waals surface area contributed by atoms with Gasteiger partial charge in [0.15, 0.2) is 0 Å². The van der Waals surface area contributed by atoms with Gasteiger partial charge in [0, 0.05) is 12.5 Å². The summed E-state index contributed by atoms with van der Waals surface area (Å²) in [6, 6.07) is 10.6. The summed E-state index contributed by atoms with van der Waals surface area (Å²) in [6.07, 6.45) is 0.909. The summed E-state index contributed by atoms with van der Waals surface area (Å²) in [4.78, 5) is 0. The molecule has 2 aromatic carbocycles. The molecule has 0 fully saturated rings. The third-order valence-corrected chi connectivity index (χ3v) is 3.51. The van der Waals surface area contributed by atoms with Gasteiger partial charge in [-0.3, -0.25) is 0 Å². The van der Waals surface area contributed by atoms with Gasteiger partial charge < -0.3 is 10.5 Å². The number of hydrogen-bond acceptors (Lipinski definition) is 2. The van der Waals surface area contributed by atoms with Gasteiger partial charge in [-0.05, 0) is 53.4 Å². The topological polar surface area (TPSA) is 35.2 Å². The molecule has 0 spiro atoms. The van der Waals surface area contributed by atoms with E-state index >= 15 is 0 Å². The molecule has 0 aromatic heterocycles. The molecule has 2 nitrogen and oxygen atoms in total. The Hall–Kier alpha value is -1.87. The highest BCUT2D eigenvalue weighted by atomic mass is 19.1. The van der Waals surface area contributed by atoms with Crippen LogP contribution in [0, 0.1) is 5.82 Å². The van der Waals surface area contributed by atoms with Crippen LogP contribution in [0.4, 0.5) is 4.39 Å². The van der Waals surface area contributed by atoms with Crippen LogP contribution >= 0.6 is 0 Å². The predicted molar refractivity (Wildman–Crippen MR) is 73.6 cm³/mol. The normalized spacial score (nSPS) is 14.9. The van der Waals surface area contributed by atoms with Crippen LogP contribution in [0.15, 0.2) is 36.4 Å². The zero-order valence-corrected chi connectivity index (χ0v) is 10.8. The van der Waals surface area contributed by atoms with Crippen molar-refractivity contribution in [2.45, 2.75) is 19.4 Å². The lowest BCUT2D eigenvalue weighted by atomic mass is 9.94. The number of rotatable bonds is 2. The van der Waals surface area contributed by atoms with Gasteiger partial charge in [-0.1, -0.05) is 12.1 Å². The van der Waals surface area contributed by atoms with E-state index in [1.165, 1.54) is 11.6 Å². The van der Waals surface area contributed by atoms with Crippen molar-refractivity contribution in [1.29, 1.82) is 0 Å². The van der Waals surface area contributed by atoms with Crippen LogP contribution in [0.3, 0.4) is 0 Å². The summed E-state index contributed by atoms with van der Waals surface area (Å²) in [6.45, 7) is 2.63. The number of fused-ring (bicyclic) bond motifs is 1. The van der Waals surface area contributed by atoms with Crippen molar-refractivity contribution >= 4 is 0 Å². The Morgan fingerprint density at radius 3 is 2.84 bits per heavy atom. The Balaban J connectivity index is 2.13. The number of halogens is 1. The molecule has 1 aliphatic heterocycles. The largest absolute Gasteiger partial charge is 0.493 e. The fourth-order valence-electron chi connectivity index (χ4n) is 2.53. The number of ether oxygens (including phenoxy) is 1. The predicted octanol–water partition coefficient (Wildman–Crippen LogP) is 3.45. The van der Waals surface area contributed by atoms with Gasteiger partial charge in [0.1, 0.15) is 11.6 Å². The van der Waals surface area contributed by atoms with Crippen molar-refractivity contribution in [1.82, 2.24) is 0 Å². The van der Waals surface area contributed by atoms with E-state index in [1.807, 2.05) is 19.1 Å². The minimum Gasteiger partial charge on any atom is -0.493 e. The minimum absolute atomic E-state index is 0.125. The van der Waals surface area contributed by atoms with E-state index in [1.54, 1.807) is 12.1 Å². The molecule has 0 radical (unpaired) electrons. The summed E-state index contributed by atoms with van der Waals surface area (Å²) in [7, 11) is 0. The standard InChI is InChI=1S/C16H16FNO/c1-10(18)14-4-3-13(17)9-15(14)11-2-5-16-12(8-11)6-7-19-16/h2-5,8-10H,6-7,18H2,1H3. The third kappa shape index (κ3) is 2.22. The molecule has 2 aromatic rings. The van der Waals surface area contributed by atoms with Crippen molar-refractivity contribution in [2.24, 2.45) is 5.73 Å². The zero-order valence-electron chi connectivity index (χ0n) is 10.8. The molecule has 98 valence electrons. The molecular weight excluding hydrogens is 241 g/mol. The summed E-state index contributed by atoms with van der Waals surface area (Å²) in [5, 5.41) is 0. The highest BCUT2D eigenvalue weighted by Crippen LogP contribution is 2.33. The van der Waals surface area contributed by atoms with E-state index in [9.17, 15) is 4.39 Å². The first-order valence-corrected chi connectivity index (χ1v) is 6.46. The first-order chi connectivity index (χ1) is 9.15. The van der Waals surface area contributed by atoms with Gasteiger partial charge in [-0.25, -0.2) is 4.39 Å². The maximum Gasteiger partial charge on any atom is 0.123 e. The highest BCUT2D eigenvalue weighted by molar-refractivity contribution is 5.70. The summed E-state index contributed by atoms with van der Waals surface area (Å²) in [5.41, 5.74) is 9.97. The lowest BCUT2D eigenvalue weighted by Crippen LogP contribution is -2.07. The number of benzene rings is 2. The quantitative estimate of drug-likeness (QED) is 0.894. The number of hydrogen-bond donors (Lipinski definition) is 1. The molecule has 1 unspecified atom stereocenters. The molecule has 1 heterocycles. The van der Waals surface area contributed by atoms with Crippen LogP contribution in [0.2, 0.25) is 0 Å².